The van der Waals surface area contributed by atoms with Crippen LogP contribution in [0.2, 0.25) is 0 Å². The van der Waals surface area contributed by atoms with Crippen molar-refractivity contribution in [3.8, 4) is 5.75 Å². The lowest BCUT2D eigenvalue weighted by Crippen LogP contribution is -2.41. The lowest BCUT2D eigenvalue weighted by molar-refractivity contribution is -0.134. The lowest BCUT2D eigenvalue weighted by atomic mass is 9.87. The van der Waals surface area contributed by atoms with Gasteiger partial charge in [-0.25, -0.2) is 9.37 Å². The number of fused-ring (bicyclic) bond motifs is 1. The summed E-state index contributed by atoms with van der Waals surface area (Å²) in [6.07, 6.45) is 4.47. The van der Waals surface area contributed by atoms with Crippen LogP contribution < -0.4 is 10.1 Å². The SMILES string of the molecule is CC(C)CC(=O)N1CCc2ccc(OCc3nc(C(=O)NCC4CCCO4)co3)cc2C1c1ccc(F)cc1. The summed E-state index contributed by atoms with van der Waals surface area (Å²) in [7, 11) is 0. The number of benzene rings is 2. The van der Waals surface area contributed by atoms with Gasteiger partial charge in [0.15, 0.2) is 12.3 Å². The Bertz CT molecular complexity index is 1300. The fourth-order valence-electron chi connectivity index (χ4n) is 5.15. The lowest BCUT2D eigenvalue weighted by Gasteiger charge is -2.38. The molecule has 8 nitrogen and oxygen atoms in total. The van der Waals surface area contributed by atoms with Crippen molar-refractivity contribution in [2.45, 2.75) is 58.3 Å². The molecule has 39 heavy (non-hydrogen) atoms. The van der Waals surface area contributed by atoms with Gasteiger partial charge in [0.1, 0.15) is 17.8 Å². The normalized spacial score (nSPS) is 18.7. The highest BCUT2D eigenvalue weighted by atomic mass is 19.1. The molecule has 0 saturated carbocycles. The van der Waals surface area contributed by atoms with E-state index in [1.54, 1.807) is 12.1 Å². The van der Waals surface area contributed by atoms with Crippen LogP contribution in [-0.4, -0.2) is 47.5 Å². The molecule has 0 radical (unpaired) electrons. The highest BCUT2D eigenvalue weighted by molar-refractivity contribution is 5.91. The van der Waals surface area contributed by atoms with Gasteiger partial charge in [0, 0.05) is 26.1 Å². The van der Waals surface area contributed by atoms with E-state index in [4.69, 9.17) is 13.9 Å². The molecule has 2 aliphatic rings. The van der Waals surface area contributed by atoms with Crippen molar-refractivity contribution in [3.63, 3.8) is 0 Å². The third-order valence-electron chi connectivity index (χ3n) is 7.10. The Labute approximate surface area is 227 Å². The molecule has 1 aromatic heterocycles. The Morgan fingerprint density at radius 2 is 2.03 bits per heavy atom. The van der Waals surface area contributed by atoms with Gasteiger partial charge in [-0.05, 0) is 66.1 Å². The van der Waals surface area contributed by atoms with Crippen molar-refractivity contribution >= 4 is 11.8 Å². The van der Waals surface area contributed by atoms with E-state index in [1.165, 1.54) is 18.4 Å². The minimum absolute atomic E-state index is 0.0367. The Morgan fingerprint density at radius 3 is 2.77 bits per heavy atom. The first-order chi connectivity index (χ1) is 18.9. The molecule has 5 rings (SSSR count). The molecule has 2 unspecified atom stereocenters. The van der Waals surface area contributed by atoms with Crippen molar-refractivity contribution < 1.29 is 27.9 Å². The van der Waals surface area contributed by atoms with E-state index in [-0.39, 0.29) is 53.9 Å². The first-order valence-electron chi connectivity index (χ1n) is 13.5. The quantitative estimate of drug-likeness (QED) is 0.422. The number of aromatic nitrogens is 1. The van der Waals surface area contributed by atoms with Crippen LogP contribution in [-0.2, 0) is 22.6 Å². The summed E-state index contributed by atoms with van der Waals surface area (Å²) in [6.45, 7) is 5.85. The standard InChI is InChI=1S/C30H34FN3O5/c1-19(2)14-28(35)34-12-11-20-7-10-23(15-25(20)29(34)21-5-8-22(31)9-6-21)38-18-27-33-26(17-39-27)30(36)32-16-24-4-3-13-37-24/h5-10,15,17,19,24,29H,3-4,11-14,16,18H2,1-2H3,(H,32,36). The molecular formula is C30H34FN3O5. The van der Waals surface area contributed by atoms with Gasteiger partial charge in [-0.15, -0.1) is 0 Å². The van der Waals surface area contributed by atoms with Crippen molar-refractivity contribution in [3.05, 3.63) is 82.8 Å². The molecule has 9 heteroatoms. The summed E-state index contributed by atoms with van der Waals surface area (Å²) in [5.41, 5.74) is 3.10. The number of carbonyl (C=O) groups excluding carboxylic acids is 2. The van der Waals surface area contributed by atoms with Crippen LogP contribution in [0, 0.1) is 11.7 Å². The van der Waals surface area contributed by atoms with Gasteiger partial charge in [0.25, 0.3) is 5.91 Å². The minimum Gasteiger partial charge on any atom is -0.484 e. The molecule has 0 bridgehead atoms. The number of ether oxygens (including phenoxy) is 2. The van der Waals surface area contributed by atoms with Gasteiger partial charge in [0.2, 0.25) is 11.8 Å². The second kappa shape index (κ2) is 12.0. The molecule has 1 N–H and O–H groups in total. The van der Waals surface area contributed by atoms with E-state index in [9.17, 15) is 14.0 Å². The average Bonchev–Trinajstić information content (AvgIpc) is 3.62. The van der Waals surface area contributed by atoms with E-state index in [1.807, 2.05) is 36.9 Å². The van der Waals surface area contributed by atoms with Gasteiger partial charge in [-0.3, -0.25) is 9.59 Å². The van der Waals surface area contributed by atoms with Crippen LogP contribution in [0.3, 0.4) is 0 Å². The maximum Gasteiger partial charge on any atom is 0.273 e. The summed E-state index contributed by atoms with van der Waals surface area (Å²) in [5.74, 6) is 0.522. The van der Waals surface area contributed by atoms with Crippen LogP contribution in [0.4, 0.5) is 4.39 Å². The number of nitrogens with one attached hydrogen (secondary N) is 1. The average molecular weight is 536 g/mol. The maximum absolute atomic E-state index is 13.7. The summed E-state index contributed by atoms with van der Waals surface area (Å²) in [5, 5.41) is 2.83. The van der Waals surface area contributed by atoms with Crippen LogP contribution in [0.15, 0.2) is 53.1 Å². The monoisotopic (exact) mass is 535 g/mol. The number of hydrogen-bond acceptors (Lipinski definition) is 6. The zero-order valence-electron chi connectivity index (χ0n) is 22.3. The van der Waals surface area contributed by atoms with Crippen molar-refractivity contribution in [2.75, 3.05) is 19.7 Å². The smallest absolute Gasteiger partial charge is 0.273 e. The summed E-state index contributed by atoms with van der Waals surface area (Å²) < 4.78 is 30.7. The van der Waals surface area contributed by atoms with E-state index < -0.39 is 0 Å². The number of carbonyl (C=O) groups is 2. The van der Waals surface area contributed by atoms with Crippen LogP contribution in [0.1, 0.15) is 72.2 Å². The third-order valence-corrected chi connectivity index (χ3v) is 7.10. The number of amides is 2. The fourth-order valence-corrected chi connectivity index (χ4v) is 5.15. The number of oxazole rings is 1. The molecule has 206 valence electrons. The maximum atomic E-state index is 13.7. The van der Waals surface area contributed by atoms with Crippen LogP contribution in [0.5, 0.6) is 5.75 Å². The van der Waals surface area contributed by atoms with Crippen LogP contribution >= 0.6 is 0 Å². The minimum atomic E-state index is -0.343. The first-order valence-corrected chi connectivity index (χ1v) is 13.5. The predicted molar refractivity (Wildman–Crippen MR) is 142 cm³/mol. The number of hydrogen-bond donors (Lipinski definition) is 1. The fraction of sp³-hybridized carbons (Fsp3) is 0.433. The Morgan fingerprint density at radius 1 is 1.21 bits per heavy atom. The molecule has 3 aromatic rings. The number of nitrogens with zero attached hydrogens (tertiary/aromatic N) is 2. The molecule has 1 fully saturated rings. The molecule has 2 amide bonds. The predicted octanol–water partition coefficient (Wildman–Crippen LogP) is 4.82. The summed E-state index contributed by atoms with van der Waals surface area (Å²) in [4.78, 5) is 31.8. The van der Waals surface area contributed by atoms with Crippen molar-refractivity contribution in [1.29, 1.82) is 0 Å². The van der Waals surface area contributed by atoms with E-state index >= 15 is 0 Å². The zero-order valence-corrected chi connectivity index (χ0v) is 22.3. The zero-order chi connectivity index (χ0) is 27.4. The topological polar surface area (TPSA) is 93.9 Å². The second-order valence-corrected chi connectivity index (χ2v) is 10.5. The molecular weight excluding hydrogens is 501 g/mol. The first kappa shape index (κ1) is 26.9. The highest BCUT2D eigenvalue weighted by Gasteiger charge is 2.32. The van der Waals surface area contributed by atoms with Gasteiger partial charge in [-0.2, -0.15) is 0 Å². The van der Waals surface area contributed by atoms with E-state index in [0.717, 1.165) is 42.6 Å². The largest absolute Gasteiger partial charge is 0.484 e. The summed E-state index contributed by atoms with van der Waals surface area (Å²) in [6, 6.07) is 11.8. The number of halogens is 1. The molecule has 2 aromatic carbocycles. The Hall–Kier alpha value is -3.72. The van der Waals surface area contributed by atoms with Gasteiger partial charge in [0.05, 0.1) is 12.1 Å². The third kappa shape index (κ3) is 6.47. The van der Waals surface area contributed by atoms with Gasteiger partial charge in [-0.1, -0.05) is 32.0 Å². The Kier molecular flexibility index (Phi) is 8.26. The van der Waals surface area contributed by atoms with E-state index in [0.29, 0.717) is 25.3 Å². The second-order valence-electron chi connectivity index (χ2n) is 10.5. The highest BCUT2D eigenvalue weighted by Crippen LogP contribution is 2.38. The molecule has 3 heterocycles. The van der Waals surface area contributed by atoms with E-state index in [2.05, 4.69) is 10.3 Å². The molecule has 0 aliphatic carbocycles. The molecule has 1 saturated heterocycles. The number of rotatable bonds is 9. The Balaban J connectivity index is 1.30. The van der Waals surface area contributed by atoms with Crippen molar-refractivity contribution in [2.24, 2.45) is 5.92 Å². The summed E-state index contributed by atoms with van der Waals surface area (Å²) >= 11 is 0. The molecule has 2 aliphatic heterocycles. The van der Waals surface area contributed by atoms with Crippen LogP contribution in [0.25, 0.3) is 0 Å². The van der Waals surface area contributed by atoms with Gasteiger partial charge >= 0.3 is 0 Å². The van der Waals surface area contributed by atoms with Gasteiger partial charge < -0.3 is 24.1 Å². The van der Waals surface area contributed by atoms with Crippen molar-refractivity contribution in [1.82, 2.24) is 15.2 Å². The molecule has 2 atom stereocenters. The molecule has 0 spiro atoms.